The van der Waals surface area contributed by atoms with Crippen LogP contribution < -0.4 is 0 Å². The third-order valence-electron chi connectivity index (χ3n) is 3.40. The molecule has 130 valence electrons. The number of benzene rings is 1. The number of hydrogen-bond acceptors (Lipinski definition) is 7. The summed E-state index contributed by atoms with van der Waals surface area (Å²) in [6.45, 7) is 3.25. The molecule has 3 aromatic rings. The van der Waals surface area contributed by atoms with E-state index < -0.39 is 17.8 Å². The molecular formula is C17H14FNO5S. The largest absolute Gasteiger partial charge is 0.462 e. The van der Waals surface area contributed by atoms with Crippen molar-refractivity contribution in [1.29, 1.82) is 0 Å². The molecule has 2 aromatic heterocycles. The van der Waals surface area contributed by atoms with Gasteiger partial charge in [-0.15, -0.1) is 11.3 Å². The Labute approximate surface area is 146 Å². The van der Waals surface area contributed by atoms with Crippen LogP contribution in [0.2, 0.25) is 0 Å². The predicted octanol–water partition coefficient (Wildman–Crippen LogP) is 3.87. The van der Waals surface area contributed by atoms with Gasteiger partial charge in [0, 0.05) is 21.7 Å². The van der Waals surface area contributed by atoms with Crippen LogP contribution in [0.25, 0.3) is 10.1 Å². The van der Waals surface area contributed by atoms with E-state index in [1.54, 1.807) is 26.0 Å². The van der Waals surface area contributed by atoms with Crippen molar-refractivity contribution in [2.45, 2.75) is 20.5 Å². The minimum Gasteiger partial charge on any atom is -0.462 e. The first-order chi connectivity index (χ1) is 12.0. The van der Waals surface area contributed by atoms with Gasteiger partial charge in [0.15, 0.2) is 0 Å². The van der Waals surface area contributed by atoms with Gasteiger partial charge < -0.3 is 14.0 Å². The highest BCUT2D eigenvalue weighted by atomic mass is 32.1. The summed E-state index contributed by atoms with van der Waals surface area (Å²) in [4.78, 5) is 24.4. The second kappa shape index (κ2) is 7.02. The summed E-state index contributed by atoms with van der Waals surface area (Å²) in [5.41, 5.74) is 0.812. The quantitative estimate of drug-likeness (QED) is 0.640. The topological polar surface area (TPSA) is 78.6 Å². The Hall–Kier alpha value is -2.74. The number of esters is 2. The van der Waals surface area contributed by atoms with Gasteiger partial charge in [0.1, 0.15) is 17.3 Å². The van der Waals surface area contributed by atoms with Gasteiger partial charge in [-0.25, -0.2) is 14.0 Å². The number of hydrogen-bond donors (Lipinski definition) is 0. The number of aryl methyl sites for hydroxylation is 1. The zero-order chi connectivity index (χ0) is 18.0. The first-order valence-corrected chi connectivity index (χ1v) is 8.30. The fourth-order valence-electron chi connectivity index (χ4n) is 2.34. The lowest BCUT2D eigenvalue weighted by Gasteiger charge is -2.06. The SMILES string of the molecule is CCOC(=O)c1sc2cccc(F)c2c1COC(=O)c1cc(C)no1. The maximum absolute atomic E-state index is 14.2. The Morgan fingerprint density at radius 3 is 2.76 bits per heavy atom. The van der Waals surface area contributed by atoms with E-state index in [4.69, 9.17) is 14.0 Å². The van der Waals surface area contributed by atoms with E-state index in [1.807, 2.05) is 0 Å². The van der Waals surface area contributed by atoms with Crippen LogP contribution >= 0.6 is 11.3 Å². The average molecular weight is 363 g/mol. The zero-order valence-corrected chi connectivity index (χ0v) is 14.3. The normalized spacial score (nSPS) is 10.8. The van der Waals surface area contributed by atoms with Crippen LogP contribution in [-0.2, 0) is 16.1 Å². The van der Waals surface area contributed by atoms with Crippen molar-refractivity contribution in [3.63, 3.8) is 0 Å². The van der Waals surface area contributed by atoms with Crippen molar-refractivity contribution < 1.29 is 28.0 Å². The van der Waals surface area contributed by atoms with Gasteiger partial charge in [0.05, 0.1) is 12.3 Å². The molecule has 0 aliphatic carbocycles. The molecule has 0 atom stereocenters. The standard InChI is InChI=1S/C17H14FNO5S/c1-3-22-17(21)15-10(14-11(18)5-4-6-13(14)25-15)8-23-16(20)12-7-9(2)19-24-12/h4-7H,3,8H2,1-2H3. The van der Waals surface area contributed by atoms with E-state index in [1.165, 1.54) is 12.1 Å². The van der Waals surface area contributed by atoms with Gasteiger partial charge in [0.2, 0.25) is 5.76 Å². The predicted molar refractivity (Wildman–Crippen MR) is 88.1 cm³/mol. The Kier molecular flexibility index (Phi) is 4.80. The number of rotatable bonds is 5. The smallest absolute Gasteiger partial charge is 0.377 e. The number of fused-ring (bicyclic) bond motifs is 1. The van der Waals surface area contributed by atoms with Crippen LogP contribution in [0.5, 0.6) is 0 Å². The number of thiophene rings is 1. The fourth-order valence-corrected chi connectivity index (χ4v) is 3.45. The molecule has 0 fully saturated rings. The first-order valence-electron chi connectivity index (χ1n) is 7.48. The molecule has 0 bridgehead atoms. The summed E-state index contributed by atoms with van der Waals surface area (Å²) in [5, 5.41) is 3.86. The zero-order valence-electron chi connectivity index (χ0n) is 13.5. The molecule has 0 spiro atoms. The highest BCUT2D eigenvalue weighted by molar-refractivity contribution is 7.21. The number of halogens is 1. The molecule has 8 heteroatoms. The molecule has 0 saturated carbocycles. The molecule has 0 unspecified atom stereocenters. The highest BCUT2D eigenvalue weighted by Gasteiger charge is 2.23. The molecule has 2 heterocycles. The molecule has 3 rings (SSSR count). The van der Waals surface area contributed by atoms with Gasteiger partial charge in [-0.2, -0.15) is 0 Å². The Morgan fingerprint density at radius 1 is 1.28 bits per heavy atom. The summed E-state index contributed by atoms with van der Waals surface area (Å²) in [6, 6.07) is 5.96. The van der Waals surface area contributed by atoms with Crippen molar-refractivity contribution in [2.24, 2.45) is 0 Å². The molecule has 0 N–H and O–H groups in total. The molecule has 0 aliphatic heterocycles. The van der Waals surface area contributed by atoms with Crippen LogP contribution in [0.4, 0.5) is 4.39 Å². The van der Waals surface area contributed by atoms with Crippen LogP contribution in [0.1, 0.15) is 38.4 Å². The summed E-state index contributed by atoms with van der Waals surface area (Å²) in [5.74, 6) is -1.88. The van der Waals surface area contributed by atoms with Crippen LogP contribution in [0, 0.1) is 12.7 Å². The minimum absolute atomic E-state index is 0.0600. The number of aromatic nitrogens is 1. The van der Waals surface area contributed by atoms with Gasteiger partial charge in [-0.3, -0.25) is 0 Å². The lowest BCUT2D eigenvalue weighted by Crippen LogP contribution is -2.09. The molecular weight excluding hydrogens is 349 g/mol. The Balaban J connectivity index is 1.94. The third kappa shape index (κ3) is 3.39. The van der Waals surface area contributed by atoms with Gasteiger partial charge in [-0.05, 0) is 26.0 Å². The number of nitrogens with zero attached hydrogens (tertiary/aromatic N) is 1. The molecule has 0 amide bonds. The van der Waals surface area contributed by atoms with E-state index in [9.17, 15) is 14.0 Å². The van der Waals surface area contributed by atoms with Crippen molar-refractivity contribution in [1.82, 2.24) is 5.16 Å². The fraction of sp³-hybridized carbons (Fsp3) is 0.235. The highest BCUT2D eigenvalue weighted by Crippen LogP contribution is 2.34. The van der Waals surface area contributed by atoms with E-state index in [2.05, 4.69) is 5.16 Å². The van der Waals surface area contributed by atoms with E-state index in [0.717, 1.165) is 11.3 Å². The van der Waals surface area contributed by atoms with Crippen LogP contribution in [0.15, 0.2) is 28.8 Å². The van der Waals surface area contributed by atoms with E-state index in [-0.39, 0.29) is 34.8 Å². The molecule has 1 aromatic carbocycles. The monoisotopic (exact) mass is 363 g/mol. The van der Waals surface area contributed by atoms with E-state index in [0.29, 0.717) is 10.4 Å². The van der Waals surface area contributed by atoms with Gasteiger partial charge in [-0.1, -0.05) is 11.2 Å². The number of carbonyl (C=O) groups excluding carboxylic acids is 2. The lowest BCUT2D eigenvalue weighted by atomic mass is 10.1. The molecule has 0 radical (unpaired) electrons. The summed E-state index contributed by atoms with van der Waals surface area (Å²) in [7, 11) is 0. The Morgan fingerprint density at radius 2 is 2.08 bits per heavy atom. The van der Waals surface area contributed by atoms with Gasteiger partial charge >= 0.3 is 11.9 Å². The third-order valence-corrected chi connectivity index (χ3v) is 4.58. The lowest BCUT2D eigenvalue weighted by molar-refractivity contribution is 0.0414. The molecule has 25 heavy (non-hydrogen) atoms. The Bertz CT molecular complexity index is 946. The van der Waals surface area contributed by atoms with Crippen molar-refractivity contribution in [3.8, 4) is 0 Å². The molecule has 0 saturated heterocycles. The summed E-state index contributed by atoms with van der Waals surface area (Å²) in [6.07, 6.45) is 0. The maximum atomic E-state index is 14.2. The first kappa shape index (κ1) is 17.1. The second-order valence-electron chi connectivity index (χ2n) is 5.15. The molecule has 6 nitrogen and oxygen atoms in total. The summed E-state index contributed by atoms with van der Waals surface area (Å²) < 4.78 is 29.8. The van der Waals surface area contributed by atoms with Crippen molar-refractivity contribution in [3.05, 3.63) is 52.0 Å². The number of carbonyl (C=O) groups is 2. The summed E-state index contributed by atoms with van der Waals surface area (Å²) >= 11 is 1.10. The van der Waals surface area contributed by atoms with E-state index >= 15 is 0 Å². The van der Waals surface area contributed by atoms with Crippen LogP contribution in [0.3, 0.4) is 0 Å². The van der Waals surface area contributed by atoms with Crippen LogP contribution in [-0.4, -0.2) is 23.7 Å². The average Bonchev–Trinajstić information content (AvgIpc) is 3.17. The minimum atomic E-state index is -0.744. The van der Waals surface area contributed by atoms with Crippen molar-refractivity contribution >= 4 is 33.4 Å². The number of ether oxygens (including phenoxy) is 2. The molecule has 0 aliphatic rings. The maximum Gasteiger partial charge on any atom is 0.377 e. The van der Waals surface area contributed by atoms with Gasteiger partial charge in [0.25, 0.3) is 0 Å². The second-order valence-corrected chi connectivity index (χ2v) is 6.20. The van der Waals surface area contributed by atoms with Crippen molar-refractivity contribution in [2.75, 3.05) is 6.61 Å².